The van der Waals surface area contributed by atoms with Crippen LogP contribution >= 0.6 is 12.4 Å². The van der Waals surface area contributed by atoms with Crippen molar-refractivity contribution in [1.82, 2.24) is 5.32 Å². The highest BCUT2D eigenvalue weighted by Crippen LogP contribution is 2.31. The highest BCUT2D eigenvalue weighted by molar-refractivity contribution is 5.85. The van der Waals surface area contributed by atoms with Gasteiger partial charge in [-0.05, 0) is 13.0 Å². The number of nitrogens with one attached hydrogen (secondary N) is 1. The highest BCUT2D eigenvalue weighted by atomic mass is 35.5. The maximum Gasteiger partial charge on any atom is 0.167 e. The zero-order valence-corrected chi connectivity index (χ0v) is 12.5. The lowest BCUT2D eigenvalue weighted by atomic mass is 10.1. The van der Waals surface area contributed by atoms with Gasteiger partial charge in [0.05, 0.1) is 6.61 Å². The minimum Gasteiger partial charge on any atom is -0.490 e. The Balaban J connectivity index is 0.00000324. The molecule has 0 saturated carbocycles. The summed E-state index contributed by atoms with van der Waals surface area (Å²) in [6, 6.07) is 6.30. The van der Waals surface area contributed by atoms with Crippen LogP contribution in [0, 0.1) is 12.3 Å². The van der Waals surface area contributed by atoms with Crippen LogP contribution in [0.25, 0.3) is 0 Å². The lowest BCUT2D eigenvalue weighted by Gasteiger charge is -2.16. The minimum absolute atomic E-state index is 0. The van der Waals surface area contributed by atoms with Crippen molar-refractivity contribution < 1.29 is 9.47 Å². The highest BCUT2D eigenvalue weighted by Gasteiger charge is 2.10. The zero-order chi connectivity index (χ0) is 13.4. The van der Waals surface area contributed by atoms with Gasteiger partial charge in [-0.1, -0.05) is 31.9 Å². The molecule has 19 heavy (non-hydrogen) atoms. The fourth-order valence-corrected chi connectivity index (χ4v) is 1.56. The summed E-state index contributed by atoms with van der Waals surface area (Å²) < 4.78 is 11.2. The summed E-state index contributed by atoms with van der Waals surface area (Å²) in [6.07, 6.45) is 5.24. The van der Waals surface area contributed by atoms with Gasteiger partial charge >= 0.3 is 0 Å². The number of hydrogen-bond donors (Lipinski definition) is 1. The molecule has 0 fully saturated rings. The lowest BCUT2D eigenvalue weighted by molar-refractivity contribution is 0.296. The molecule has 0 spiro atoms. The minimum atomic E-state index is 0. The summed E-state index contributed by atoms with van der Waals surface area (Å²) in [5.41, 5.74) is 1.06. The molecular formula is C15H22ClNO2. The van der Waals surface area contributed by atoms with Crippen LogP contribution in [-0.2, 0) is 6.54 Å². The van der Waals surface area contributed by atoms with Crippen molar-refractivity contribution in [3.8, 4) is 23.8 Å². The third-order valence-electron chi connectivity index (χ3n) is 2.36. The molecule has 0 unspecified atom stereocenters. The first-order valence-electron chi connectivity index (χ1n) is 6.23. The molecule has 0 saturated heterocycles. The van der Waals surface area contributed by atoms with Gasteiger partial charge in [0.1, 0.15) is 6.61 Å². The van der Waals surface area contributed by atoms with Gasteiger partial charge in [-0.3, -0.25) is 0 Å². The largest absolute Gasteiger partial charge is 0.490 e. The topological polar surface area (TPSA) is 30.5 Å². The van der Waals surface area contributed by atoms with Crippen molar-refractivity contribution in [2.24, 2.45) is 0 Å². The Bertz CT molecular complexity index is 413. The van der Waals surface area contributed by atoms with E-state index in [9.17, 15) is 0 Å². The summed E-state index contributed by atoms with van der Waals surface area (Å²) >= 11 is 0. The van der Waals surface area contributed by atoms with Crippen LogP contribution < -0.4 is 14.8 Å². The summed E-state index contributed by atoms with van der Waals surface area (Å²) in [7, 11) is 0. The molecule has 0 aliphatic carbocycles. The first-order valence-corrected chi connectivity index (χ1v) is 6.23. The number of terminal acetylenes is 1. The van der Waals surface area contributed by atoms with E-state index in [1.165, 1.54) is 0 Å². The number of hydrogen-bond acceptors (Lipinski definition) is 3. The second kappa shape index (κ2) is 9.55. The molecule has 106 valence electrons. The van der Waals surface area contributed by atoms with E-state index in [-0.39, 0.29) is 19.0 Å². The average molecular weight is 284 g/mol. The lowest BCUT2D eigenvalue weighted by Crippen LogP contribution is -2.22. The Hall–Kier alpha value is -1.37. The second-order valence-electron chi connectivity index (χ2n) is 4.21. The van der Waals surface area contributed by atoms with Gasteiger partial charge in [0.15, 0.2) is 11.5 Å². The Morgan fingerprint density at radius 3 is 2.63 bits per heavy atom. The smallest absolute Gasteiger partial charge is 0.167 e. The van der Waals surface area contributed by atoms with Gasteiger partial charge in [-0.15, -0.1) is 18.8 Å². The van der Waals surface area contributed by atoms with E-state index in [4.69, 9.17) is 15.9 Å². The van der Waals surface area contributed by atoms with Crippen molar-refractivity contribution in [3.05, 3.63) is 23.8 Å². The van der Waals surface area contributed by atoms with E-state index >= 15 is 0 Å². The second-order valence-corrected chi connectivity index (χ2v) is 4.21. The van der Waals surface area contributed by atoms with Gasteiger partial charge in [0.25, 0.3) is 0 Å². The van der Waals surface area contributed by atoms with E-state index in [2.05, 4.69) is 25.1 Å². The molecule has 1 N–H and O–H groups in total. The molecule has 0 aromatic heterocycles. The normalized spacial score (nSPS) is 9.63. The maximum absolute atomic E-state index is 5.60. The molecule has 0 aliphatic heterocycles. The molecule has 0 atom stereocenters. The average Bonchev–Trinajstić information content (AvgIpc) is 2.35. The predicted octanol–water partition coefficient (Wildman–Crippen LogP) is 3.02. The van der Waals surface area contributed by atoms with Gasteiger partial charge < -0.3 is 14.8 Å². The van der Waals surface area contributed by atoms with Crippen LogP contribution in [0.15, 0.2) is 18.2 Å². The molecule has 0 bridgehead atoms. The Morgan fingerprint density at radius 1 is 1.32 bits per heavy atom. The van der Waals surface area contributed by atoms with Crippen molar-refractivity contribution >= 4 is 12.4 Å². The van der Waals surface area contributed by atoms with Crippen molar-refractivity contribution in [2.45, 2.75) is 33.4 Å². The van der Waals surface area contributed by atoms with Crippen LogP contribution in [-0.4, -0.2) is 19.3 Å². The zero-order valence-electron chi connectivity index (χ0n) is 11.7. The number of benzene rings is 1. The van der Waals surface area contributed by atoms with Crippen LogP contribution in [0.5, 0.6) is 11.5 Å². The fourth-order valence-electron chi connectivity index (χ4n) is 1.56. The molecule has 0 heterocycles. The summed E-state index contributed by atoms with van der Waals surface area (Å²) in [4.78, 5) is 0. The SMILES string of the molecule is C#CCOc1c(CNC(C)C)cccc1OCC.Cl. The molecule has 0 aliphatic rings. The fraction of sp³-hybridized carbons (Fsp3) is 0.467. The van der Waals surface area contributed by atoms with Crippen LogP contribution in [0.4, 0.5) is 0 Å². The van der Waals surface area contributed by atoms with Crippen molar-refractivity contribution in [1.29, 1.82) is 0 Å². The standard InChI is InChI=1S/C15H21NO2.ClH/c1-5-10-18-15-13(11-16-12(3)4)8-7-9-14(15)17-6-2;/h1,7-9,12,16H,6,10-11H2,2-4H3;1H. The number of para-hydroxylation sites is 1. The van der Waals surface area contributed by atoms with Crippen molar-refractivity contribution in [3.63, 3.8) is 0 Å². The summed E-state index contributed by atoms with van der Waals surface area (Å²) in [6.45, 7) is 7.75. The van der Waals surface area contributed by atoms with Gasteiger partial charge in [0, 0.05) is 18.2 Å². The molecular weight excluding hydrogens is 262 g/mol. The van der Waals surface area contributed by atoms with Gasteiger partial charge in [-0.25, -0.2) is 0 Å². The summed E-state index contributed by atoms with van der Waals surface area (Å²) in [5.74, 6) is 3.97. The molecule has 1 aromatic carbocycles. The third-order valence-corrected chi connectivity index (χ3v) is 2.36. The van der Waals surface area contributed by atoms with E-state index in [1.54, 1.807) is 0 Å². The monoisotopic (exact) mass is 283 g/mol. The predicted molar refractivity (Wildman–Crippen MR) is 81.2 cm³/mol. The molecule has 3 nitrogen and oxygen atoms in total. The van der Waals surface area contributed by atoms with E-state index in [0.717, 1.165) is 23.6 Å². The van der Waals surface area contributed by atoms with Crippen molar-refractivity contribution in [2.75, 3.05) is 13.2 Å². The molecule has 0 radical (unpaired) electrons. The van der Waals surface area contributed by atoms with Gasteiger partial charge in [0.2, 0.25) is 0 Å². The number of ether oxygens (including phenoxy) is 2. The van der Waals surface area contributed by atoms with Crippen LogP contribution in [0.3, 0.4) is 0 Å². The quantitative estimate of drug-likeness (QED) is 0.781. The first kappa shape index (κ1) is 17.6. The Morgan fingerprint density at radius 2 is 2.05 bits per heavy atom. The number of halogens is 1. The van der Waals surface area contributed by atoms with E-state index in [0.29, 0.717) is 12.6 Å². The Kier molecular flexibility index (Phi) is 8.86. The van der Waals surface area contributed by atoms with Gasteiger partial charge in [-0.2, -0.15) is 0 Å². The molecule has 4 heteroatoms. The van der Waals surface area contributed by atoms with Crippen LogP contribution in [0.2, 0.25) is 0 Å². The molecule has 1 rings (SSSR count). The maximum atomic E-state index is 5.60. The molecule has 0 amide bonds. The molecule has 1 aromatic rings. The summed E-state index contributed by atoms with van der Waals surface area (Å²) in [5, 5.41) is 3.36. The Labute approximate surface area is 122 Å². The first-order chi connectivity index (χ1) is 8.69. The van der Waals surface area contributed by atoms with E-state index in [1.807, 2.05) is 25.1 Å². The van der Waals surface area contributed by atoms with E-state index < -0.39 is 0 Å². The third kappa shape index (κ3) is 5.87. The number of rotatable bonds is 7. The van der Waals surface area contributed by atoms with Crippen LogP contribution in [0.1, 0.15) is 26.3 Å².